The molecule has 0 radical (unpaired) electrons. The second-order valence-electron chi connectivity index (χ2n) is 6.34. The zero-order chi connectivity index (χ0) is 19.9. The average Bonchev–Trinajstić information content (AvgIpc) is 2.65. The van der Waals surface area contributed by atoms with Gasteiger partial charge in [0.25, 0.3) is 0 Å². The summed E-state index contributed by atoms with van der Waals surface area (Å²) in [6.45, 7) is 5.54. The molecule has 9 heteroatoms. The van der Waals surface area contributed by atoms with Crippen LogP contribution in [0.2, 0.25) is 0 Å². The Morgan fingerprint density at radius 2 is 1.89 bits per heavy atom. The fourth-order valence-corrected chi connectivity index (χ4v) is 2.91. The van der Waals surface area contributed by atoms with Crippen LogP contribution in [0.15, 0.2) is 24.3 Å². The average molecular weight is 386 g/mol. The van der Waals surface area contributed by atoms with Crippen LogP contribution < -0.4 is 10.6 Å². The summed E-state index contributed by atoms with van der Waals surface area (Å²) < 4.78 is 39.0. The molecule has 2 rings (SSSR count). The van der Waals surface area contributed by atoms with Crippen molar-refractivity contribution in [2.45, 2.75) is 19.5 Å². The molecule has 0 aliphatic carbocycles. The first kappa shape index (κ1) is 21.2. The molecule has 1 saturated heterocycles. The van der Waals surface area contributed by atoms with Gasteiger partial charge in [-0.3, -0.25) is 14.5 Å². The van der Waals surface area contributed by atoms with E-state index in [0.717, 1.165) is 19.2 Å². The molecule has 0 aromatic heterocycles. The van der Waals surface area contributed by atoms with Crippen molar-refractivity contribution in [1.82, 2.24) is 15.1 Å². The van der Waals surface area contributed by atoms with Gasteiger partial charge in [0, 0.05) is 39.1 Å². The molecule has 2 N–H and O–H groups in total. The van der Waals surface area contributed by atoms with Crippen molar-refractivity contribution in [2.24, 2.45) is 0 Å². The summed E-state index contributed by atoms with van der Waals surface area (Å²) in [5, 5.41) is 5.50. The summed E-state index contributed by atoms with van der Waals surface area (Å²) in [4.78, 5) is 27.9. The summed E-state index contributed by atoms with van der Waals surface area (Å²) in [7, 11) is 0. The first-order valence-corrected chi connectivity index (χ1v) is 8.98. The third-order valence-corrected chi connectivity index (χ3v) is 4.43. The topological polar surface area (TPSA) is 64.7 Å². The number of nitrogens with one attached hydrogen (secondary N) is 2. The molecule has 0 unspecified atom stereocenters. The lowest BCUT2D eigenvalue weighted by Gasteiger charge is -2.28. The molecule has 0 atom stereocenters. The number of para-hydroxylation sites is 1. The lowest BCUT2D eigenvalue weighted by molar-refractivity contribution is -0.137. The quantitative estimate of drug-likeness (QED) is 0.750. The van der Waals surface area contributed by atoms with Crippen LogP contribution in [0, 0.1) is 0 Å². The van der Waals surface area contributed by atoms with Crippen molar-refractivity contribution in [3.63, 3.8) is 0 Å². The van der Waals surface area contributed by atoms with E-state index in [1.165, 1.54) is 18.2 Å². The van der Waals surface area contributed by atoms with E-state index in [9.17, 15) is 22.8 Å². The van der Waals surface area contributed by atoms with Gasteiger partial charge in [0.05, 0.1) is 17.8 Å². The number of anilines is 1. The number of hydrogen-bond donors (Lipinski definition) is 2. The van der Waals surface area contributed by atoms with Gasteiger partial charge >= 0.3 is 6.18 Å². The maximum absolute atomic E-state index is 13.0. The maximum atomic E-state index is 13.0. The van der Waals surface area contributed by atoms with Gasteiger partial charge in [0.1, 0.15) is 0 Å². The third kappa shape index (κ3) is 6.51. The lowest BCUT2D eigenvalue weighted by atomic mass is 10.1. The Hall–Kier alpha value is -2.13. The predicted molar refractivity (Wildman–Crippen MR) is 96.3 cm³/mol. The Kier molecular flexibility index (Phi) is 7.61. The van der Waals surface area contributed by atoms with Gasteiger partial charge in [0.2, 0.25) is 11.8 Å². The van der Waals surface area contributed by atoms with Gasteiger partial charge in [-0.25, -0.2) is 0 Å². The highest BCUT2D eigenvalue weighted by Crippen LogP contribution is 2.34. The van der Waals surface area contributed by atoms with E-state index in [2.05, 4.69) is 10.6 Å². The number of benzene rings is 1. The minimum Gasteiger partial charge on any atom is -0.340 e. The van der Waals surface area contributed by atoms with Crippen LogP contribution in [0.1, 0.15) is 18.9 Å². The zero-order valence-electron chi connectivity index (χ0n) is 15.3. The van der Waals surface area contributed by atoms with Crippen LogP contribution in [0.5, 0.6) is 0 Å². The van der Waals surface area contributed by atoms with Gasteiger partial charge in [-0.2, -0.15) is 13.2 Å². The molecule has 2 amide bonds. The number of hydrogen-bond acceptors (Lipinski definition) is 4. The molecular weight excluding hydrogens is 361 g/mol. The van der Waals surface area contributed by atoms with Crippen molar-refractivity contribution in [3.05, 3.63) is 29.8 Å². The number of nitrogens with zero attached hydrogens (tertiary/aromatic N) is 2. The minimum atomic E-state index is -4.54. The van der Waals surface area contributed by atoms with Crippen LogP contribution in [0.25, 0.3) is 0 Å². The van der Waals surface area contributed by atoms with Gasteiger partial charge in [0.15, 0.2) is 0 Å². The van der Waals surface area contributed by atoms with Crippen LogP contribution >= 0.6 is 0 Å². The van der Waals surface area contributed by atoms with E-state index in [1.54, 1.807) is 9.80 Å². The van der Waals surface area contributed by atoms with Crippen molar-refractivity contribution >= 4 is 17.5 Å². The zero-order valence-corrected chi connectivity index (χ0v) is 15.3. The molecule has 1 aliphatic rings. The van der Waals surface area contributed by atoms with Gasteiger partial charge < -0.3 is 15.5 Å². The number of carbonyl (C=O) groups is 2. The van der Waals surface area contributed by atoms with Crippen molar-refractivity contribution in [2.75, 3.05) is 51.1 Å². The van der Waals surface area contributed by atoms with E-state index < -0.39 is 17.6 Å². The van der Waals surface area contributed by atoms with Crippen LogP contribution in [0.3, 0.4) is 0 Å². The molecule has 6 nitrogen and oxygen atoms in total. The Morgan fingerprint density at radius 3 is 2.52 bits per heavy atom. The van der Waals surface area contributed by atoms with Gasteiger partial charge in [-0.1, -0.05) is 19.1 Å². The first-order chi connectivity index (χ1) is 12.8. The summed E-state index contributed by atoms with van der Waals surface area (Å²) in [5.74, 6) is -0.513. The van der Waals surface area contributed by atoms with Crippen molar-refractivity contribution in [3.8, 4) is 0 Å². The third-order valence-electron chi connectivity index (χ3n) is 4.43. The minimum absolute atomic E-state index is 0.0257. The second-order valence-corrected chi connectivity index (χ2v) is 6.34. The molecule has 1 fully saturated rings. The van der Waals surface area contributed by atoms with E-state index in [-0.39, 0.29) is 24.6 Å². The number of piperazine rings is 1. The summed E-state index contributed by atoms with van der Waals surface area (Å²) in [6.07, 6.45) is -4.26. The van der Waals surface area contributed by atoms with Crippen LogP contribution in [-0.4, -0.2) is 67.4 Å². The summed E-state index contributed by atoms with van der Waals surface area (Å²) >= 11 is 0. The number of alkyl halides is 3. The number of likely N-dealkylation sites (N-methyl/N-ethyl adjacent to an activating group) is 1. The standard InChI is InChI=1S/C18H25F3N4O2/c1-2-24(10-7-17(27)25-11-8-22-9-12-25)13-16(26)23-15-6-4-3-5-14(15)18(19,20)21/h3-6,22H,2,7-13H2,1H3,(H,23,26). The van der Waals surface area contributed by atoms with Crippen molar-refractivity contribution in [1.29, 1.82) is 0 Å². The maximum Gasteiger partial charge on any atom is 0.418 e. The normalized spacial score (nSPS) is 15.1. The van der Waals surface area contributed by atoms with Gasteiger partial charge in [-0.15, -0.1) is 0 Å². The Balaban J connectivity index is 1.87. The molecule has 1 aromatic rings. The molecular formula is C18H25F3N4O2. The van der Waals surface area contributed by atoms with Crippen LogP contribution in [0.4, 0.5) is 18.9 Å². The predicted octanol–water partition coefficient (Wildman–Crippen LogP) is 1.79. The lowest BCUT2D eigenvalue weighted by Crippen LogP contribution is -2.47. The number of halogens is 3. The van der Waals surface area contributed by atoms with Crippen molar-refractivity contribution < 1.29 is 22.8 Å². The highest BCUT2D eigenvalue weighted by atomic mass is 19.4. The molecule has 0 bridgehead atoms. The largest absolute Gasteiger partial charge is 0.418 e. The Labute approximate surface area is 156 Å². The molecule has 27 heavy (non-hydrogen) atoms. The Bertz CT molecular complexity index is 646. The highest BCUT2D eigenvalue weighted by molar-refractivity contribution is 5.93. The van der Waals surface area contributed by atoms with E-state index >= 15 is 0 Å². The smallest absolute Gasteiger partial charge is 0.340 e. The second kappa shape index (κ2) is 9.70. The van der Waals surface area contributed by atoms with E-state index in [4.69, 9.17) is 0 Å². The number of amides is 2. The number of carbonyl (C=O) groups excluding carboxylic acids is 2. The summed E-state index contributed by atoms with van der Waals surface area (Å²) in [6, 6.07) is 4.87. The highest BCUT2D eigenvalue weighted by Gasteiger charge is 2.33. The monoisotopic (exact) mass is 386 g/mol. The molecule has 0 spiro atoms. The Morgan fingerprint density at radius 1 is 1.22 bits per heavy atom. The summed E-state index contributed by atoms with van der Waals surface area (Å²) in [5.41, 5.74) is -1.14. The molecule has 150 valence electrons. The molecule has 1 heterocycles. The SMILES string of the molecule is CCN(CCC(=O)N1CCNCC1)CC(=O)Nc1ccccc1C(F)(F)F. The first-order valence-electron chi connectivity index (χ1n) is 8.98. The van der Waals surface area contributed by atoms with Crippen LogP contribution in [-0.2, 0) is 15.8 Å². The van der Waals surface area contributed by atoms with E-state index in [0.29, 0.717) is 26.2 Å². The molecule has 0 saturated carbocycles. The molecule has 1 aromatic carbocycles. The number of rotatable bonds is 7. The van der Waals surface area contributed by atoms with E-state index in [1.807, 2.05) is 6.92 Å². The fourth-order valence-electron chi connectivity index (χ4n) is 2.91. The van der Waals surface area contributed by atoms with Gasteiger partial charge in [-0.05, 0) is 18.7 Å². The molecule has 1 aliphatic heterocycles. The fraction of sp³-hybridized carbons (Fsp3) is 0.556.